The van der Waals surface area contributed by atoms with Crippen LogP contribution < -0.4 is 5.32 Å². The lowest BCUT2D eigenvalue weighted by atomic mass is 10.2. The van der Waals surface area contributed by atoms with E-state index in [9.17, 15) is 0 Å². The summed E-state index contributed by atoms with van der Waals surface area (Å²) in [7, 11) is 3.99. The van der Waals surface area contributed by atoms with E-state index in [-0.39, 0.29) is 6.61 Å². The van der Waals surface area contributed by atoms with Crippen molar-refractivity contribution < 1.29 is 5.11 Å². The zero-order valence-electron chi connectivity index (χ0n) is 7.96. The van der Waals surface area contributed by atoms with Crippen molar-refractivity contribution in [2.24, 2.45) is 0 Å². The number of hydrogen-bond acceptors (Lipinski definition) is 3. The number of aliphatic hydroxyl groups excluding tert-OH is 1. The fraction of sp³-hybridized carbons (Fsp3) is 1.00. The highest BCUT2D eigenvalue weighted by Crippen LogP contribution is 2.02. The lowest BCUT2D eigenvalue weighted by molar-refractivity contribution is 0.144. The lowest BCUT2D eigenvalue weighted by Crippen LogP contribution is -2.44. The summed E-state index contributed by atoms with van der Waals surface area (Å²) in [4.78, 5) is 2.20. The minimum absolute atomic E-state index is 0.266. The Kier molecular flexibility index (Phi) is 5.46. The Morgan fingerprint density at radius 1 is 1.45 bits per heavy atom. The van der Waals surface area contributed by atoms with Crippen molar-refractivity contribution in [3.63, 3.8) is 0 Å². The highest BCUT2D eigenvalue weighted by atomic mass is 16.3. The highest BCUT2D eigenvalue weighted by Gasteiger charge is 2.12. The smallest absolute Gasteiger partial charge is 0.0565 e. The molecule has 0 spiro atoms. The maximum Gasteiger partial charge on any atom is 0.0565 e. The van der Waals surface area contributed by atoms with Crippen LogP contribution >= 0.6 is 0 Å². The van der Waals surface area contributed by atoms with Crippen LogP contribution in [0.5, 0.6) is 0 Å². The normalized spacial score (nSPS) is 16.9. The number of nitrogens with one attached hydrogen (secondary N) is 1. The number of hydrogen-bond donors (Lipinski definition) is 2. The van der Waals surface area contributed by atoms with Crippen LogP contribution in [0.25, 0.3) is 0 Å². The van der Waals surface area contributed by atoms with Crippen LogP contribution in [-0.4, -0.2) is 42.9 Å². The van der Waals surface area contributed by atoms with Gasteiger partial charge in [-0.25, -0.2) is 0 Å². The van der Waals surface area contributed by atoms with E-state index in [1.165, 1.54) is 0 Å². The van der Waals surface area contributed by atoms with Gasteiger partial charge in [0.25, 0.3) is 0 Å². The van der Waals surface area contributed by atoms with Gasteiger partial charge in [0.05, 0.1) is 6.17 Å². The van der Waals surface area contributed by atoms with E-state index >= 15 is 0 Å². The first-order valence-corrected chi connectivity index (χ1v) is 4.13. The molecule has 0 saturated carbocycles. The molecule has 0 aromatic carbocycles. The zero-order valence-corrected chi connectivity index (χ0v) is 7.96. The first kappa shape index (κ1) is 10.9. The van der Waals surface area contributed by atoms with Crippen LogP contribution in [0, 0.1) is 0 Å². The Labute approximate surface area is 69.4 Å². The van der Waals surface area contributed by atoms with Gasteiger partial charge >= 0.3 is 0 Å². The fourth-order valence-corrected chi connectivity index (χ4v) is 0.976. The van der Waals surface area contributed by atoms with Gasteiger partial charge in [-0.15, -0.1) is 0 Å². The number of rotatable bonds is 5. The predicted octanol–water partition coefficient (Wildman–Crippen LogP) is 0.254. The van der Waals surface area contributed by atoms with Crippen molar-refractivity contribution >= 4 is 0 Å². The number of nitrogens with zero attached hydrogens (tertiary/aromatic N) is 1. The maximum absolute atomic E-state index is 8.69. The third-order valence-electron chi connectivity index (χ3n) is 2.27. The van der Waals surface area contributed by atoms with E-state index in [4.69, 9.17) is 5.11 Å². The SMILES string of the molecule is CNC(C)N(C)C(C)CCO. The highest BCUT2D eigenvalue weighted by molar-refractivity contribution is 4.66. The second kappa shape index (κ2) is 5.52. The maximum atomic E-state index is 8.69. The fourth-order valence-electron chi connectivity index (χ4n) is 0.976. The van der Waals surface area contributed by atoms with Crippen molar-refractivity contribution in [2.75, 3.05) is 20.7 Å². The Morgan fingerprint density at radius 2 is 2.00 bits per heavy atom. The molecular weight excluding hydrogens is 140 g/mol. The predicted molar refractivity (Wildman–Crippen MR) is 47.4 cm³/mol. The third kappa shape index (κ3) is 3.70. The zero-order chi connectivity index (χ0) is 8.85. The van der Waals surface area contributed by atoms with Crippen LogP contribution in [0.4, 0.5) is 0 Å². The Balaban J connectivity index is 3.70. The molecule has 68 valence electrons. The standard InChI is InChI=1S/C8H20N2O/c1-7(5-6-11)10(4)8(2)9-3/h7-9,11H,5-6H2,1-4H3. The summed E-state index contributed by atoms with van der Waals surface area (Å²) >= 11 is 0. The average Bonchev–Trinajstić information content (AvgIpc) is 2.02. The summed E-state index contributed by atoms with van der Waals surface area (Å²) in [6.45, 7) is 4.49. The minimum atomic E-state index is 0.266. The van der Waals surface area contributed by atoms with Gasteiger partial charge < -0.3 is 10.4 Å². The quantitative estimate of drug-likeness (QED) is 0.566. The van der Waals surface area contributed by atoms with Gasteiger partial charge in [-0.2, -0.15) is 0 Å². The van der Waals surface area contributed by atoms with Crippen LogP contribution in [0.1, 0.15) is 20.3 Å². The lowest BCUT2D eigenvalue weighted by Gasteiger charge is -2.29. The van der Waals surface area contributed by atoms with Gasteiger partial charge in [-0.1, -0.05) is 0 Å². The van der Waals surface area contributed by atoms with Gasteiger partial charge in [-0.05, 0) is 34.4 Å². The summed E-state index contributed by atoms with van der Waals surface area (Å²) in [5, 5.41) is 11.8. The molecule has 0 saturated heterocycles. The molecule has 2 unspecified atom stereocenters. The second-order valence-corrected chi connectivity index (χ2v) is 2.99. The molecule has 0 aromatic heterocycles. The molecule has 0 aliphatic heterocycles. The Hall–Kier alpha value is -0.120. The van der Waals surface area contributed by atoms with E-state index < -0.39 is 0 Å². The van der Waals surface area contributed by atoms with Crippen molar-refractivity contribution in [3.8, 4) is 0 Å². The van der Waals surface area contributed by atoms with Crippen LogP contribution in [0.3, 0.4) is 0 Å². The molecular formula is C8H20N2O. The molecule has 0 aromatic rings. The molecule has 0 aliphatic carbocycles. The molecule has 0 rings (SSSR count). The minimum Gasteiger partial charge on any atom is -0.396 e. The molecule has 11 heavy (non-hydrogen) atoms. The summed E-state index contributed by atoms with van der Waals surface area (Å²) in [5.74, 6) is 0. The molecule has 0 bridgehead atoms. The average molecular weight is 160 g/mol. The van der Waals surface area contributed by atoms with Gasteiger partial charge in [0, 0.05) is 12.6 Å². The van der Waals surface area contributed by atoms with Gasteiger partial charge in [0.1, 0.15) is 0 Å². The van der Waals surface area contributed by atoms with Gasteiger partial charge in [0.2, 0.25) is 0 Å². The van der Waals surface area contributed by atoms with Crippen molar-refractivity contribution in [2.45, 2.75) is 32.5 Å². The summed E-state index contributed by atoms with van der Waals surface area (Å²) < 4.78 is 0. The van der Waals surface area contributed by atoms with Crippen molar-refractivity contribution in [3.05, 3.63) is 0 Å². The summed E-state index contributed by atoms with van der Waals surface area (Å²) in [6.07, 6.45) is 1.21. The van der Waals surface area contributed by atoms with Crippen molar-refractivity contribution in [1.29, 1.82) is 0 Å². The molecule has 2 atom stereocenters. The first-order chi connectivity index (χ1) is 5.13. The molecule has 3 nitrogen and oxygen atoms in total. The molecule has 0 fully saturated rings. The molecule has 0 aliphatic rings. The Morgan fingerprint density at radius 3 is 2.36 bits per heavy atom. The molecule has 0 amide bonds. The van der Waals surface area contributed by atoms with Gasteiger partial charge in [-0.3, -0.25) is 4.90 Å². The van der Waals surface area contributed by atoms with E-state index in [0.29, 0.717) is 12.2 Å². The molecule has 2 N–H and O–H groups in total. The van der Waals surface area contributed by atoms with E-state index in [1.807, 2.05) is 7.05 Å². The van der Waals surface area contributed by atoms with Crippen LogP contribution in [0.15, 0.2) is 0 Å². The first-order valence-electron chi connectivity index (χ1n) is 4.13. The van der Waals surface area contributed by atoms with Crippen molar-refractivity contribution in [1.82, 2.24) is 10.2 Å². The van der Waals surface area contributed by atoms with E-state index in [0.717, 1.165) is 6.42 Å². The monoisotopic (exact) mass is 160 g/mol. The number of aliphatic hydroxyl groups is 1. The summed E-state index contributed by atoms with van der Waals surface area (Å²) in [5.41, 5.74) is 0. The van der Waals surface area contributed by atoms with E-state index in [1.54, 1.807) is 0 Å². The Bertz CT molecular complexity index is 98.1. The van der Waals surface area contributed by atoms with Crippen LogP contribution in [0.2, 0.25) is 0 Å². The second-order valence-electron chi connectivity index (χ2n) is 2.99. The molecule has 0 heterocycles. The third-order valence-corrected chi connectivity index (χ3v) is 2.27. The summed E-state index contributed by atoms with van der Waals surface area (Å²) in [6, 6.07) is 0.433. The molecule has 3 heteroatoms. The van der Waals surface area contributed by atoms with E-state index in [2.05, 4.69) is 31.1 Å². The van der Waals surface area contributed by atoms with Crippen LogP contribution in [-0.2, 0) is 0 Å². The molecule has 0 radical (unpaired) electrons. The van der Waals surface area contributed by atoms with Gasteiger partial charge in [0.15, 0.2) is 0 Å². The largest absolute Gasteiger partial charge is 0.396 e. The topological polar surface area (TPSA) is 35.5 Å².